The molecule has 1 unspecified atom stereocenters. The minimum absolute atomic E-state index is 0. The van der Waals surface area contributed by atoms with E-state index in [2.05, 4.69) is 6.92 Å². The van der Waals surface area contributed by atoms with Gasteiger partial charge in [-0.25, -0.2) is 0 Å². The minimum Gasteiger partial charge on any atom is -0.490 e. The van der Waals surface area contributed by atoms with Gasteiger partial charge in [0.05, 0.1) is 12.2 Å². The summed E-state index contributed by atoms with van der Waals surface area (Å²) >= 11 is 0. The van der Waals surface area contributed by atoms with Crippen molar-refractivity contribution in [1.82, 2.24) is 4.90 Å². The quantitative estimate of drug-likeness (QED) is 0.806. The van der Waals surface area contributed by atoms with Crippen molar-refractivity contribution in [2.45, 2.75) is 20.3 Å². The second kappa shape index (κ2) is 9.11. The van der Waals surface area contributed by atoms with Crippen molar-refractivity contribution in [1.29, 1.82) is 0 Å². The number of para-hydroxylation sites is 3. The van der Waals surface area contributed by atoms with Crippen LogP contribution in [0.5, 0.6) is 17.2 Å². The van der Waals surface area contributed by atoms with Gasteiger partial charge in [-0.3, -0.25) is 4.79 Å². The Balaban J connectivity index is 0.00000261. The molecule has 27 heavy (non-hydrogen) atoms. The lowest BCUT2D eigenvalue weighted by Gasteiger charge is -2.23. The molecule has 5 nitrogen and oxygen atoms in total. The molecule has 1 fully saturated rings. The lowest BCUT2D eigenvalue weighted by molar-refractivity contribution is 0.0774. The molecule has 0 bridgehead atoms. The maximum atomic E-state index is 13.0. The first kappa shape index (κ1) is 21.1. The molecule has 0 spiro atoms. The number of hydrogen-bond donors (Lipinski definition) is 1. The second-order valence-electron chi connectivity index (χ2n) is 6.97. The summed E-state index contributed by atoms with van der Waals surface area (Å²) in [5.41, 5.74) is 6.42. The molecule has 0 aromatic heterocycles. The zero-order valence-corrected chi connectivity index (χ0v) is 16.6. The minimum atomic E-state index is -0.0216. The molecule has 146 valence electrons. The predicted molar refractivity (Wildman–Crippen MR) is 109 cm³/mol. The molecular formula is C21H27ClN2O3. The Labute approximate surface area is 166 Å². The molecule has 2 N–H and O–H groups in total. The molecule has 1 saturated heterocycles. The van der Waals surface area contributed by atoms with Crippen LogP contribution in [0.15, 0.2) is 48.5 Å². The summed E-state index contributed by atoms with van der Waals surface area (Å²) in [6.45, 7) is 6.57. The maximum Gasteiger partial charge on any atom is 0.257 e. The summed E-state index contributed by atoms with van der Waals surface area (Å²) in [6.07, 6.45) is 0.922. The smallest absolute Gasteiger partial charge is 0.257 e. The van der Waals surface area contributed by atoms with Gasteiger partial charge in [-0.15, -0.1) is 12.4 Å². The second-order valence-corrected chi connectivity index (χ2v) is 6.97. The number of carbonyl (C=O) groups excluding carboxylic acids is 1. The van der Waals surface area contributed by atoms with Crippen LogP contribution >= 0.6 is 12.4 Å². The third kappa shape index (κ3) is 4.73. The zero-order valence-electron chi connectivity index (χ0n) is 15.8. The van der Waals surface area contributed by atoms with E-state index in [-0.39, 0.29) is 23.7 Å². The highest BCUT2D eigenvalue weighted by molar-refractivity contribution is 5.97. The number of halogens is 1. The highest BCUT2D eigenvalue weighted by Crippen LogP contribution is 2.35. The van der Waals surface area contributed by atoms with E-state index in [1.165, 1.54) is 0 Å². The number of carbonyl (C=O) groups is 1. The Morgan fingerprint density at radius 3 is 2.37 bits per heavy atom. The molecule has 0 radical (unpaired) electrons. The number of likely N-dealkylation sites (tertiary alicyclic amines) is 1. The number of benzene rings is 2. The Bertz CT molecular complexity index is 784. The summed E-state index contributed by atoms with van der Waals surface area (Å²) in [5, 5.41) is 0. The van der Waals surface area contributed by atoms with Crippen LogP contribution in [0, 0.1) is 5.41 Å². The highest BCUT2D eigenvalue weighted by atomic mass is 35.5. The van der Waals surface area contributed by atoms with Crippen LogP contribution in [0.3, 0.4) is 0 Å². The van der Waals surface area contributed by atoms with Crippen molar-refractivity contribution in [3.05, 3.63) is 54.1 Å². The molecule has 6 heteroatoms. The van der Waals surface area contributed by atoms with E-state index in [1.807, 2.05) is 54.3 Å². The van der Waals surface area contributed by atoms with E-state index < -0.39 is 0 Å². The van der Waals surface area contributed by atoms with Gasteiger partial charge < -0.3 is 20.1 Å². The van der Waals surface area contributed by atoms with Crippen molar-refractivity contribution in [2.24, 2.45) is 11.1 Å². The van der Waals surface area contributed by atoms with Crippen LogP contribution in [0.1, 0.15) is 30.6 Å². The standard InChI is InChI=1S/C21H26N2O3.ClH/c1-3-25-18-10-6-7-11-19(18)26-17-9-5-4-8-16(17)20(24)23-13-12-21(2,14-22)15-23;/h4-11H,3,12-15,22H2,1-2H3;1H. The van der Waals surface area contributed by atoms with E-state index in [1.54, 1.807) is 6.07 Å². The van der Waals surface area contributed by atoms with Gasteiger partial charge in [0.15, 0.2) is 11.5 Å². The van der Waals surface area contributed by atoms with Crippen LogP contribution in [0.25, 0.3) is 0 Å². The van der Waals surface area contributed by atoms with Crippen molar-refractivity contribution < 1.29 is 14.3 Å². The molecule has 2 aromatic carbocycles. The molecular weight excluding hydrogens is 364 g/mol. The van der Waals surface area contributed by atoms with E-state index in [0.29, 0.717) is 42.5 Å². The SMILES string of the molecule is CCOc1ccccc1Oc1ccccc1C(=O)N1CCC(C)(CN)C1.Cl. The van der Waals surface area contributed by atoms with Gasteiger partial charge in [-0.1, -0.05) is 31.2 Å². The molecule has 1 amide bonds. The van der Waals surface area contributed by atoms with Gasteiger partial charge in [-0.05, 0) is 49.6 Å². The molecule has 3 rings (SSSR count). The van der Waals surface area contributed by atoms with Crippen molar-refractivity contribution >= 4 is 18.3 Å². The van der Waals surface area contributed by atoms with E-state index in [4.69, 9.17) is 15.2 Å². The average Bonchev–Trinajstić information content (AvgIpc) is 3.06. The molecule has 1 aliphatic rings. The number of nitrogens with zero attached hydrogens (tertiary/aromatic N) is 1. The van der Waals surface area contributed by atoms with Gasteiger partial charge >= 0.3 is 0 Å². The van der Waals surface area contributed by atoms with Gasteiger partial charge in [0.25, 0.3) is 5.91 Å². The van der Waals surface area contributed by atoms with Crippen LogP contribution in [-0.4, -0.2) is 37.0 Å². The van der Waals surface area contributed by atoms with Gasteiger partial charge in [0.1, 0.15) is 5.75 Å². The number of amides is 1. The fraction of sp³-hybridized carbons (Fsp3) is 0.381. The summed E-state index contributed by atoms with van der Waals surface area (Å²) < 4.78 is 11.7. The Kier molecular flexibility index (Phi) is 7.11. The predicted octanol–water partition coefficient (Wildman–Crippen LogP) is 4.11. The van der Waals surface area contributed by atoms with Crippen LogP contribution in [0.2, 0.25) is 0 Å². The van der Waals surface area contributed by atoms with Crippen LogP contribution < -0.4 is 15.2 Å². The first-order chi connectivity index (χ1) is 12.6. The normalized spacial score (nSPS) is 18.7. The third-order valence-corrected chi connectivity index (χ3v) is 4.82. The third-order valence-electron chi connectivity index (χ3n) is 4.82. The lowest BCUT2D eigenvalue weighted by Crippen LogP contribution is -2.34. The summed E-state index contributed by atoms with van der Waals surface area (Å²) in [4.78, 5) is 14.9. The average molecular weight is 391 g/mol. The molecule has 1 heterocycles. The van der Waals surface area contributed by atoms with E-state index in [9.17, 15) is 4.79 Å². The molecule has 2 aromatic rings. The van der Waals surface area contributed by atoms with E-state index in [0.717, 1.165) is 13.0 Å². The molecule has 0 aliphatic carbocycles. The summed E-state index contributed by atoms with van der Waals surface area (Å²) in [7, 11) is 0. The molecule has 0 saturated carbocycles. The number of hydrogen-bond acceptors (Lipinski definition) is 4. The lowest BCUT2D eigenvalue weighted by atomic mass is 9.90. The Morgan fingerprint density at radius 1 is 1.11 bits per heavy atom. The van der Waals surface area contributed by atoms with Gasteiger partial charge in [-0.2, -0.15) is 0 Å². The number of rotatable bonds is 6. The number of ether oxygens (including phenoxy) is 2. The summed E-state index contributed by atoms with van der Waals surface area (Å²) in [6, 6.07) is 14.8. The topological polar surface area (TPSA) is 64.8 Å². The first-order valence-corrected chi connectivity index (χ1v) is 9.04. The number of nitrogens with two attached hydrogens (primary N) is 1. The van der Waals surface area contributed by atoms with Gasteiger partial charge in [0.2, 0.25) is 0 Å². The van der Waals surface area contributed by atoms with Gasteiger partial charge in [0, 0.05) is 13.1 Å². The monoisotopic (exact) mass is 390 g/mol. The fourth-order valence-corrected chi connectivity index (χ4v) is 3.19. The summed E-state index contributed by atoms with van der Waals surface area (Å²) in [5.74, 6) is 1.77. The Hall–Kier alpha value is -2.24. The maximum absolute atomic E-state index is 13.0. The zero-order chi connectivity index (χ0) is 18.6. The first-order valence-electron chi connectivity index (χ1n) is 9.04. The Morgan fingerprint density at radius 2 is 1.74 bits per heavy atom. The molecule has 1 aliphatic heterocycles. The van der Waals surface area contributed by atoms with Crippen molar-refractivity contribution in [3.63, 3.8) is 0 Å². The largest absolute Gasteiger partial charge is 0.490 e. The van der Waals surface area contributed by atoms with Crippen molar-refractivity contribution in [2.75, 3.05) is 26.2 Å². The van der Waals surface area contributed by atoms with E-state index >= 15 is 0 Å². The molecule has 1 atom stereocenters. The van der Waals surface area contributed by atoms with Crippen molar-refractivity contribution in [3.8, 4) is 17.2 Å². The van der Waals surface area contributed by atoms with Crippen LogP contribution in [0.4, 0.5) is 0 Å². The highest BCUT2D eigenvalue weighted by Gasteiger charge is 2.35. The fourth-order valence-electron chi connectivity index (χ4n) is 3.19. The van der Waals surface area contributed by atoms with Crippen LogP contribution in [-0.2, 0) is 0 Å².